The second kappa shape index (κ2) is 5.25. The second-order valence-corrected chi connectivity index (χ2v) is 3.47. The first-order chi connectivity index (χ1) is 6.25. The van der Waals surface area contributed by atoms with E-state index in [1.54, 1.807) is 7.11 Å². The fourth-order valence-electron chi connectivity index (χ4n) is 1.42. The van der Waals surface area contributed by atoms with Crippen molar-refractivity contribution in [2.45, 2.75) is 25.9 Å². The zero-order valence-corrected chi connectivity index (χ0v) is 8.32. The highest BCUT2D eigenvalue weighted by atomic mass is 16.5. The van der Waals surface area contributed by atoms with Crippen LogP contribution in [0.4, 0.5) is 0 Å². The Labute approximate surface area is 79.3 Å². The molecule has 0 aliphatic carbocycles. The molecule has 2 unspecified atom stereocenters. The van der Waals surface area contributed by atoms with Gasteiger partial charge in [-0.2, -0.15) is 0 Å². The fraction of sp³-hybridized carbons (Fsp3) is 0.800. The molecule has 76 valence electrons. The molecule has 1 aliphatic heterocycles. The van der Waals surface area contributed by atoms with Crippen LogP contribution in [0.25, 0.3) is 0 Å². The minimum atomic E-state index is -0.514. The number of aliphatic hydroxyl groups is 1. The van der Waals surface area contributed by atoms with Crippen molar-refractivity contribution in [1.82, 2.24) is 0 Å². The van der Waals surface area contributed by atoms with Crippen LogP contribution in [-0.4, -0.2) is 31.5 Å². The summed E-state index contributed by atoms with van der Waals surface area (Å²) in [6, 6.07) is 0. The summed E-state index contributed by atoms with van der Waals surface area (Å²) in [4.78, 5) is 0. The zero-order valence-electron chi connectivity index (χ0n) is 8.32. The third kappa shape index (κ3) is 3.01. The van der Waals surface area contributed by atoms with Gasteiger partial charge < -0.3 is 14.6 Å². The standard InChI is InChI=1S/C10H18O3/c1-8(7-12-2)10(11)9-5-3-4-6-13-9/h5,8,10-11H,3-4,6-7H2,1-2H3. The van der Waals surface area contributed by atoms with Crippen molar-refractivity contribution < 1.29 is 14.6 Å². The predicted octanol–water partition coefficient (Wildman–Crippen LogP) is 1.32. The lowest BCUT2D eigenvalue weighted by Crippen LogP contribution is -2.26. The zero-order chi connectivity index (χ0) is 9.68. The predicted molar refractivity (Wildman–Crippen MR) is 50.3 cm³/mol. The summed E-state index contributed by atoms with van der Waals surface area (Å²) in [5.41, 5.74) is 0. The number of rotatable bonds is 4. The van der Waals surface area contributed by atoms with Crippen molar-refractivity contribution in [2.24, 2.45) is 5.92 Å². The molecule has 1 heterocycles. The number of aliphatic hydroxyl groups excluding tert-OH is 1. The van der Waals surface area contributed by atoms with Gasteiger partial charge in [-0.3, -0.25) is 0 Å². The molecular formula is C10H18O3. The summed E-state index contributed by atoms with van der Waals surface area (Å²) < 4.78 is 10.3. The molecule has 0 spiro atoms. The van der Waals surface area contributed by atoms with E-state index in [4.69, 9.17) is 9.47 Å². The highest BCUT2D eigenvalue weighted by molar-refractivity contribution is 5.03. The molecule has 0 aromatic heterocycles. The average Bonchev–Trinajstić information content (AvgIpc) is 2.18. The third-order valence-electron chi connectivity index (χ3n) is 2.22. The van der Waals surface area contributed by atoms with Gasteiger partial charge in [0.25, 0.3) is 0 Å². The number of ether oxygens (including phenoxy) is 2. The van der Waals surface area contributed by atoms with Crippen LogP contribution < -0.4 is 0 Å². The number of hydrogen-bond acceptors (Lipinski definition) is 3. The Morgan fingerprint density at radius 2 is 2.46 bits per heavy atom. The molecule has 3 heteroatoms. The van der Waals surface area contributed by atoms with E-state index in [0.717, 1.165) is 25.2 Å². The maximum absolute atomic E-state index is 9.80. The van der Waals surface area contributed by atoms with Crippen molar-refractivity contribution in [3.8, 4) is 0 Å². The minimum Gasteiger partial charge on any atom is -0.495 e. The normalized spacial score (nSPS) is 21.6. The number of hydrogen-bond donors (Lipinski definition) is 1. The van der Waals surface area contributed by atoms with Crippen LogP contribution in [0.15, 0.2) is 11.8 Å². The summed E-state index contributed by atoms with van der Waals surface area (Å²) in [6.45, 7) is 3.23. The van der Waals surface area contributed by atoms with E-state index < -0.39 is 6.10 Å². The summed E-state index contributed by atoms with van der Waals surface area (Å²) in [5.74, 6) is 0.810. The molecule has 1 N–H and O–H groups in total. The smallest absolute Gasteiger partial charge is 0.121 e. The Kier molecular flexibility index (Phi) is 4.25. The fourth-order valence-corrected chi connectivity index (χ4v) is 1.42. The molecule has 0 saturated heterocycles. The van der Waals surface area contributed by atoms with E-state index in [0.29, 0.717) is 6.61 Å². The first kappa shape index (κ1) is 10.5. The van der Waals surface area contributed by atoms with E-state index in [-0.39, 0.29) is 5.92 Å². The monoisotopic (exact) mass is 186 g/mol. The van der Waals surface area contributed by atoms with Gasteiger partial charge in [-0.05, 0) is 18.9 Å². The molecule has 0 saturated carbocycles. The van der Waals surface area contributed by atoms with Gasteiger partial charge in [-0.15, -0.1) is 0 Å². The first-order valence-corrected chi connectivity index (χ1v) is 4.75. The maximum atomic E-state index is 9.80. The van der Waals surface area contributed by atoms with Gasteiger partial charge in [0, 0.05) is 13.0 Å². The van der Waals surface area contributed by atoms with Crippen molar-refractivity contribution in [3.63, 3.8) is 0 Å². The van der Waals surface area contributed by atoms with E-state index in [1.807, 2.05) is 13.0 Å². The van der Waals surface area contributed by atoms with Crippen LogP contribution in [-0.2, 0) is 9.47 Å². The van der Waals surface area contributed by atoms with Crippen molar-refractivity contribution >= 4 is 0 Å². The lowest BCUT2D eigenvalue weighted by Gasteiger charge is -2.23. The highest BCUT2D eigenvalue weighted by Crippen LogP contribution is 2.19. The maximum Gasteiger partial charge on any atom is 0.121 e. The van der Waals surface area contributed by atoms with E-state index >= 15 is 0 Å². The molecule has 1 aliphatic rings. The van der Waals surface area contributed by atoms with Gasteiger partial charge in [0.1, 0.15) is 11.9 Å². The first-order valence-electron chi connectivity index (χ1n) is 4.75. The lowest BCUT2D eigenvalue weighted by molar-refractivity contribution is 0.0291. The lowest BCUT2D eigenvalue weighted by atomic mass is 10.0. The Morgan fingerprint density at radius 3 is 3.00 bits per heavy atom. The average molecular weight is 186 g/mol. The van der Waals surface area contributed by atoms with E-state index in [9.17, 15) is 5.11 Å². The SMILES string of the molecule is COCC(C)C(O)C1=CCCCO1. The van der Waals surface area contributed by atoms with Gasteiger partial charge >= 0.3 is 0 Å². The molecule has 3 nitrogen and oxygen atoms in total. The van der Waals surface area contributed by atoms with Gasteiger partial charge in [0.05, 0.1) is 13.2 Å². The van der Waals surface area contributed by atoms with Crippen LogP contribution in [0.2, 0.25) is 0 Å². The summed E-state index contributed by atoms with van der Waals surface area (Å²) >= 11 is 0. The van der Waals surface area contributed by atoms with E-state index in [1.165, 1.54) is 0 Å². The largest absolute Gasteiger partial charge is 0.495 e. The number of methoxy groups -OCH3 is 1. The summed E-state index contributed by atoms with van der Waals surface area (Å²) in [5, 5.41) is 9.80. The number of allylic oxidation sites excluding steroid dienone is 1. The van der Waals surface area contributed by atoms with Crippen molar-refractivity contribution in [3.05, 3.63) is 11.8 Å². The second-order valence-electron chi connectivity index (χ2n) is 3.47. The van der Waals surface area contributed by atoms with Crippen LogP contribution in [0.5, 0.6) is 0 Å². The topological polar surface area (TPSA) is 38.7 Å². The molecule has 13 heavy (non-hydrogen) atoms. The van der Waals surface area contributed by atoms with Crippen LogP contribution in [0.3, 0.4) is 0 Å². The minimum absolute atomic E-state index is 0.0920. The van der Waals surface area contributed by atoms with Crippen LogP contribution in [0.1, 0.15) is 19.8 Å². The molecule has 1 rings (SSSR count). The molecule has 2 atom stereocenters. The van der Waals surface area contributed by atoms with Crippen LogP contribution >= 0.6 is 0 Å². The van der Waals surface area contributed by atoms with Crippen molar-refractivity contribution in [1.29, 1.82) is 0 Å². The highest BCUT2D eigenvalue weighted by Gasteiger charge is 2.21. The molecule has 0 amide bonds. The van der Waals surface area contributed by atoms with Gasteiger partial charge in [0.2, 0.25) is 0 Å². The van der Waals surface area contributed by atoms with Crippen molar-refractivity contribution in [2.75, 3.05) is 20.3 Å². The molecule has 0 aromatic rings. The Balaban J connectivity index is 2.44. The molecule has 0 bridgehead atoms. The molecule has 0 fully saturated rings. The Morgan fingerprint density at radius 1 is 1.69 bits per heavy atom. The third-order valence-corrected chi connectivity index (χ3v) is 2.22. The summed E-state index contributed by atoms with van der Waals surface area (Å²) in [6.07, 6.45) is 3.52. The van der Waals surface area contributed by atoms with Gasteiger partial charge in [0.15, 0.2) is 0 Å². The molecule has 0 aromatic carbocycles. The van der Waals surface area contributed by atoms with Crippen LogP contribution in [0, 0.1) is 5.92 Å². The van der Waals surface area contributed by atoms with Gasteiger partial charge in [-0.1, -0.05) is 6.92 Å². The van der Waals surface area contributed by atoms with Gasteiger partial charge in [-0.25, -0.2) is 0 Å². The Bertz CT molecular complexity index is 177. The van der Waals surface area contributed by atoms with E-state index in [2.05, 4.69) is 0 Å². The quantitative estimate of drug-likeness (QED) is 0.719. The molecule has 0 radical (unpaired) electrons. The Hall–Kier alpha value is -0.540. The molecular weight excluding hydrogens is 168 g/mol. The summed E-state index contributed by atoms with van der Waals surface area (Å²) in [7, 11) is 1.64.